The Morgan fingerprint density at radius 3 is 2.83 bits per heavy atom. The van der Waals surface area contributed by atoms with Crippen LogP contribution in [0.2, 0.25) is 0 Å². The molecule has 0 unspecified atom stereocenters. The third-order valence-corrected chi connectivity index (χ3v) is 5.75. The predicted octanol–water partition coefficient (Wildman–Crippen LogP) is 3.19. The minimum absolute atomic E-state index is 0.542. The van der Waals surface area contributed by atoms with E-state index in [1.54, 1.807) is 11.3 Å². The van der Waals surface area contributed by atoms with Gasteiger partial charge in [0.15, 0.2) is 0 Å². The number of anilines is 1. The van der Waals surface area contributed by atoms with Crippen LogP contribution in [-0.4, -0.2) is 47.3 Å². The second-order valence-corrected chi connectivity index (χ2v) is 7.11. The highest BCUT2D eigenvalue weighted by molar-refractivity contribution is 7.08. The highest BCUT2D eigenvalue weighted by atomic mass is 32.1. The number of piperidine rings is 1. The van der Waals surface area contributed by atoms with Gasteiger partial charge in [-0.25, -0.2) is 0 Å². The number of nitrogens with zero attached hydrogens (tertiary/aromatic N) is 4. The monoisotopic (exact) mass is 326 g/mol. The van der Waals surface area contributed by atoms with Crippen molar-refractivity contribution in [3.8, 4) is 22.6 Å². The first-order chi connectivity index (χ1) is 11.4. The molecule has 5 aliphatic rings. The van der Waals surface area contributed by atoms with Gasteiger partial charge in [0.2, 0.25) is 5.89 Å². The van der Waals surface area contributed by atoms with Gasteiger partial charge in [-0.15, -0.1) is 5.10 Å². The smallest absolute Gasteiger partial charge is 0.318 e. The molecule has 3 saturated heterocycles. The summed E-state index contributed by atoms with van der Waals surface area (Å²) in [6.45, 7) is 4.46. The lowest BCUT2D eigenvalue weighted by molar-refractivity contribution is 0.249. The molecule has 2 bridgehead atoms. The number of hydrogen-bond donors (Lipinski definition) is 0. The first kappa shape index (κ1) is 13.5. The van der Waals surface area contributed by atoms with Gasteiger partial charge in [-0.3, -0.25) is 0 Å². The van der Waals surface area contributed by atoms with Crippen LogP contribution < -0.4 is 4.90 Å². The van der Waals surface area contributed by atoms with E-state index in [0.717, 1.165) is 18.7 Å². The normalized spacial score (nSPS) is 24.3. The summed E-state index contributed by atoms with van der Waals surface area (Å²) in [4.78, 5) is 4.84. The van der Waals surface area contributed by atoms with Crippen molar-refractivity contribution in [2.24, 2.45) is 0 Å². The maximum atomic E-state index is 6.07. The van der Waals surface area contributed by atoms with Crippen molar-refractivity contribution in [2.45, 2.75) is 18.9 Å². The molecule has 0 atom stereocenters. The third kappa shape index (κ3) is 2.24. The van der Waals surface area contributed by atoms with Crippen LogP contribution in [0.25, 0.3) is 22.6 Å². The van der Waals surface area contributed by atoms with Gasteiger partial charge in [0.05, 0.1) is 0 Å². The molecule has 0 aromatic carbocycles. The summed E-state index contributed by atoms with van der Waals surface area (Å²) in [7, 11) is 0. The van der Waals surface area contributed by atoms with E-state index >= 15 is 0 Å². The molecule has 0 N–H and O–H groups in total. The minimum Gasteiger partial charge on any atom is -0.403 e. The van der Waals surface area contributed by atoms with Crippen LogP contribution in [0, 0.1) is 0 Å². The topological polar surface area (TPSA) is 45.4 Å². The van der Waals surface area contributed by atoms with E-state index in [0.29, 0.717) is 17.9 Å². The van der Waals surface area contributed by atoms with Crippen molar-refractivity contribution in [1.82, 2.24) is 15.1 Å². The fourth-order valence-electron chi connectivity index (χ4n) is 3.77. The van der Waals surface area contributed by atoms with E-state index in [-0.39, 0.29) is 0 Å². The van der Waals surface area contributed by atoms with Crippen LogP contribution in [0.3, 0.4) is 0 Å². The molecule has 3 fully saturated rings. The van der Waals surface area contributed by atoms with Gasteiger partial charge in [-0.05, 0) is 41.3 Å². The minimum atomic E-state index is 0.542. The Hall–Kier alpha value is -1.92. The number of hydrogen-bond acceptors (Lipinski definition) is 6. The van der Waals surface area contributed by atoms with Crippen molar-refractivity contribution in [3.05, 3.63) is 29.0 Å². The first-order valence-electron chi connectivity index (χ1n) is 8.16. The maximum absolute atomic E-state index is 6.07. The van der Waals surface area contributed by atoms with Crippen LogP contribution in [0.1, 0.15) is 12.8 Å². The van der Waals surface area contributed by atoms with Crippen LogP contribution in [-0.2, 0) is 0 Å². The largest absolute Gasteiger partial charge is 0.403 e. The van der Waals surface area contributed by atoms with Crippen LogP contribution >= 0.6 is 11.3 Å². The molecule has 5 heterocycles. The number of rotatable bonds is 2. The summed E-state index contributed by atoms with van der Waals surface area (Å²) in [5.41, 5.74) is 3.45. The summed E-state index contributed by atoms with van der Waals surface area (Å²) in [5, 5.41) is 12.9. The molecule has 23 heavy (non-hydrogen) atoms. The first-order valence-corrected chi connectivity index (χ1v) is 9.10. The molecule has 5 nitrogen and oxygen atoms in total. The van der Waals surface area contributed by atoms with Gasteiger partial charge < -0.3 is 14.2 Å². The highest BCUT2D eigenvalue weighted by Crippen LogP contribution is 2.37. The van der Waals surface area contributed by atoms with Gasteiger partial charge in [0, 0.05) is 43.3 Å². The van der Waals surface area contributed by atoms with E-state index in [4.69, 9.17) is 4.42 Å². The average Bonchev–Trinajstić information content (AvgIpc) is 3.13. The molecular formula is C17H18N4OS. The summed E-state index contributed by atoms with van der Waals surface area (Å²) >= 11 is 1.69. The van der Waals surface area contributed by atoms with E-state index in [1.165, 1.54) is 37.1 Å². The summed E-state index contributed by atoms with van der Waals surface area (Å²) in [5.74, 6) is 0.632. The van der Waals surface area contributed by atoms with E-state index in [9.17, 15) is 0 Å². The summed E-state index contributed by atoms with van der Waals surface area (Å²) in [6.07, 6.45) is 2.39. The second-order valence-electron chi connectivity index (χ2n) is 6.33. The molecule has 0 spiro atoms. The molecule has 0 amide bonds. The van der Waals surface area contributed by atoms with Crippen molar-refractivity contribution in [3.63, 3.8) is 0 Å². The molecule has 0 radical (unpaired) electrons. The lowest BCUT2D eigenvalue weighted by Gasteiger charge is -2.29. The quantitative estimate of drug-likeness (QED) is 0.724. The average molecular weight is 326 g/mol. The fourth-order valence-corrected chi connectivity index (χ4v) is 4.47. The maximum Gasteiger partial charge on any atom is 0.318 e. The van der Waals surface area contributed by atoms with Crippen LogP contribution in [0.4, 0.5) is 6.01 Å². The lowest BCUT2D eigenvalue weighted by Crippen LogP contribution is -2.38. The molecule has 6 heteroatoms. The van der Waals surface area contributed by atoms with Crippen LogP contribution in [0.5, 0.6) is 0 Å². The van der Waals surface area contributed by atoms with Gasteiger partial charge in [0.25, 0.3) is 0 Å². The Balaban J connectivity index is 1.48. The summed E-state index contributed by atoms with van der Waals surface area (Å²) < 4.78 is 6.07. The van der Waals surface area contributed by atoms with E-state index in [2.05, 4.69) is 49.0 Å². The zero-order valence-electron chi connectivity index (χ0n) is 12.8. The Labute approximate surface area is 138 Å². The Morgan fingerprint density at radius 2 is 1.91 bits per heavy atom. The third-order valence-electron chi connectivity index (χ3n) is 5.09. The van der Waals surface area contributed by atoms with Crippen LogP contribution in [0.15, 0.2) is 33.4 Å². The van der Waals surface area contributed by atoms with Crippen molar-refractivity contribution in [1.29, 1.82) is 0 Å². The van der Waals surface area contributed by atoms with Crippen molar-refractivity contribution in [2.75, 3.05) is 31.1 Å². The fraction of sp³-hybridized carbons (Fsp3) is 0.412. The number of aromatic nitrogens is 2. The molecule has 1 aromatic rings. The SMILES string of the molecule is c1cc2ccc(-c3nnc(N4CCN5CCC4CC5)o3)c-2cs1. The molecular weight excluding hydrogens is 308 g/mol. The molecule has 0 saturated carbocycles. The van der Waals surface area contributed by atoms with Gasteiger partial charge in [0.1, 0.15) is 0 Å². The van der Waals surface area contributed by atoms with E-state index in [1.807, 2.05) is 0 Å². The summed E-state index contributed by atoms with van der Waals surface area (Å²) in [6, 6.07) is 7.54. The Bertz CT molecular complexity index is 789. The van der Waals surface area contributed by atoms with Crippen molar-refractivity contribution < 1.29 is 4.42 Å². The standard InChI is InChI=1S/C17H18N4OS/c1-2-14(15-11-23-10-5-12(1)15)16-18-19-17(22-16)21-9-8-20-6-3-13(21)4-7-20/h1-2,5,10-11,13H,3-4,6-9H2. The molecule has 1 aliphatic carbocycles. The molecule has 6 rings (SSSR count). The highest BCUT2D eigenvalue weighted by Gasteiger charge is 2.32. The molecule has 1 aromatic heterocycles. The zero-order valence-corrected chi connectivity index (χ0v) is 13.6. The lowest BCUT2D eigenvalue weighted by atomic mass is 10.1. The molecule has 4 aliphatic heterocycles. The predicted molar refractivity (Wildman–Crippen MR) is 91.0 cm³/mol. The molecule has 118 valence electrons. The zero-order chi connectivity index (χ0) is 15.2. The van der Waals surface area contributed by atoms with Gasteiger partial charge in [-0.1, -0.05) is 11.2 Å². The Morgan fingerprint density at radius 1 is 1.00 bits per heavy atom. The van der Waals surface area contributed by atoms with E-state index < -0.39 is 0 Å². The van der Waals surface area contributed by atoms with Gasteiger partial charge in [-0.2, -0.15) is 11.3 Å². The van der Waals surface area contributed by atoms with Gasteiger partial charge >= 0.3 is 6.01 Å². The Kier molecular flexibility index (Phi) is 3.12. The second kappa shape index (κ2) is 5.32. The number of fused-ring (bicyclic) bond motifs is 5. The van der Waals surface area contributed by atoms with Crippen molar-refractivity contribution >= 4 is 17.4 Å².